The Hall–Kier alpha value is -1.60. The quantitative estimate of drug-likeness (QED) is 0.806. The predicted molar refractivity (Wildman–Crippen MR) is 76.4 cm³/mol. The van der Waals surface area contributed by atoms with Crippen molar-refractivity contribution in [1.82, 2.24) is 9.88 Å². The third-order valence-corrected chi connectivity index (χ3v) is 5.67. The highest BCUT2D eigenvalue weighted by atomic mass is 32.2. The molecule has 2 saturated heterocycles. The number of amides is 1. The maximum absolute atomic E-state index is 12.3. The molecule has 0 bridgehead atoms. The van der Waals surface area contributed by atoms with E-state index in [9.17, 15) is 19.8 Å². The number of β-lactam (4-membered cyclic amide) rings is 1. The predicted octanol–water partition coefficient (Wildman–Crippen LogP) is 0.878. The molecule has 2 N–H and O–H groups in total. The van der Waals surface area contributed by atoms with Crippen LogP contribution in [0.1, 0.15) is 25.5 Å². The van der Waals surface area contributed by atoms with E-state index in [1.165, 1.54) is 22.9 Å². The standard InChI is InChI=1S/C14H16N2O4S/c1-14(2)10(13(19)20)16-11(18)8(12(16)21-14)9(17)7-4-3-5-15-6-7/h3-6,8-10,12,17H,1-2H3,(H,19,20)/t8-,9?,10-,12+/m0/s1. The van der Waals surface area contributed by atoms with Crippen molar-refractivity contribution >= 4 is 23.6 Å². The van der Waals surface area contributed by atoms with Crippen molar-refractivity contribution in [3.05, 3.63) is 30.1 Å². The monoisotopic (exact) mass is 308 g/mol. The smallest absolute Gasteiger partial charge is 0.327 e. The van der Waals surface area contributed by atoms with E-state index < -0.39 is 28.8 Å². The van der Waals surface area contributed by atoms with Gasteiger partial charge in [-0.15, -0.1) is 11.8 Å². The molecular weight excluding hydrogens is 292 g/mol. The minimum atomic E-state index is -1.00. The number of pyridine rings is 1. The second-order valence-electron chi connectivity index (χ2n) is 5.86. The van der Waals surface area contributed by atoms with Crippen LogP contribution in [0, 0.1) is 5.92 Å². The summed E-state index contributed by atoms with van der Waals surface area (Å²) in [6.07, 6.45) is 2.17. The van der Waals surface area contributed by atoms with E-state index in [1.807, 2.05) is 13.8 Å². The Labute approximate surface area is 126 Å². The van der Waals surface area contributed by atoms with Crippen molar-refractivity contribution in [2.45, 2.75) is 36.1 Å². The molecule has 1 unspecified atom stereocenters. The summed E-state index contributed by atoms with van der Waals surface area (Å²) in [6, 6.07) is 2.57. The summed E-state index contributed by atoms with van der Waals surface area (Å²) in [5.74, 6) is -1.91. The summed E-state index contributed by atoms with van der Waals surface area (Å²) in [6.45, 7) is 3.63. The zero-order chi connectivity index (χ0) is 15.4. The normalized spacial score (nSPS) is 31.5. The molecule has 1 aromatic rings. The number of aliphatic hydroxyl groups excluding tert-OH is 1. The zero-order valence-electron chi connectivity index (χ0n) is 11.6. The summed E-state index contributed by atoms with van der Waals surface area (Å²) in [5, 5.41) is 19.5. The van der Waals surface area contributed by atoms with Gasteiger partial charge in [-0.05, 0) is 25.5 Å². The first-order valence-electron chi connectivity index (χ1n) is 6.65. The van der Waals surface area contributed by atoms with E-state index >= 15 is 0 Å². The van der Waals surface area contributed by atoms with E-state index in [0.717, 1.165) is 0 Å². The fraction of sp³-hybridized carbons (Fsp3) is 0.500. The number of hydrogen-bond acceptors (Lipinski definition) is 5. The number of carbonyl (C=O) groups excluding carboxylic acids is 1. The van der Waals surface area contributed by atoms with Gasteiger partial charge in [-0.3, -0.25) is 9.78 Å². The first-order valence-corrected chi connectivity index (χ1v) is 7.53. The topological polar surface area (TPSA) is 90.7 Å². The largest absolute Gasteiger partial charge is 0.480 e. The zero-order valence-corrected chi connectivity index (χ0v) is 12.4. The number of rotatable bonds is 3. The SMILES string of the molecule is CC1(C)S[C@@H]2[C@@H](C(O)c3cccnc3)C(=O)N2[C@H]1C(=O)O. The molecular formula is C14H16N2O4S. The number of thioether (sulfide) groups is 1. The Bertz CT molecular complexity index is 592. The third-order valence-electron chi connectivity index (χ3n) is 4.08. The molecule has 1 aromatic heterocycles. The van der Waals surface area contributed by atoms with Gasteiger partial charge in [0.1, 0.15) is 6.04 Å². The van der Waals surface area contributed by atoms with Crippen LogP contribution in [-0.4, -0.2) is 48.1 Å². The van der Waals surface area contributed by atoms with Gasteiger partial charge in [-0.1, -0.05) is 6.07 Å². The number of aliphatic hydroxyl groups is 1. The summed E-state index contributed by atoms with van der Waals surface area (Å²) < 4.78 is -0.574. The number of fused-ring (bicyclic) bond motifs is 1. The van der Waals surface area contributed by atoms with E-state index in [0.29, 0.717) is 5.56 Å². The highest BCUT2D eigenvalue weighted by molar-refractivity contribution is 8.01. The Morgan fingerprint density at radius 2 is 2.24 bits per heavy atom. The Morgan fingerprint density at radius 3 is 2.81 bits per heavy atom. The fourth-order valence-electron chi connectivity index (χ4n) is 3.09. The van der Waals surface area contributed by atoms with Crippen LogP contribution >= 0.6 is 11.8 Å². The van der Waals surface area contributed by atoms with Crippen LogP contribution in [0.25, 0.3) is 0 Å². The lowest BCUT2D eigenvalue weighted by atomic mass is 9.85. The summed E-state index contributed by atoms with van der Waals surface area (Å²) in [4.78, 5) is 29.1. The minimum absolute atomic E-state index is 0.302. The van der Waals surface area contributed by atoms with Crippen LogP contribution in [0.5, 0.6) is 0 Å². The molecule has 0 spiro atoms. The molecule has 1 amide bonds. The first-order chi connectivity index (χ1) is 9.84. The van der Waals surface area contributed by atoms with Crippen LogP contribution in [0.2, 0.25) is 0 Å². The van der Waals surface area contributed by atoms with Crippen LogP contribution in [-0.2, 0) is 9.59 Å². The summed E-state index contributed by atoms with van der Waals surface area (Å²) in [7, 11) is 0. The van der Waals surface area contributed by atoms with Crippen LogP contribution < -0.4 is 0 Å². The molecule has 2 fully saturated rings. The number of aromatic nitrogens is 1. The molecule has 0 radical (unpaired) electrons. The molecule has 2 aliphatic rings. The number of nitrogens with zero attached hydrogens (tertiary/aromatic N) is 2. The molecule has 7 heteroatoms. The molecule has 3 rings (SSSR count). The van der Waals surface area contributed by atoms with Crippen molar-refractivity contribution < 1.29 is 19.8 Å². The lowest BCUT2D eigenvalue weighted by Gasteiger charge is -2.45. The van der Waals surface area contributed by atoms with E-state index in [4.69, 9.17) is 0 Å². The molecule has 0 aliphatic carbocycles. The van der Waals surface area contributed by atoms with Gasteiger partial charge < -0.3 is 15.1 Å². The number of carbonyl (C=O) groups is 2. The van der Waals surface area contributed by atoms with Gasteiger partial charge in [-0.25, -0.2) is 4.79 Å². The average Bonchev–Trinajstić information content (AvgIpc) is 2.68. The number of aliphatic carboxylic acids is 1. The van der Waals surface area contributed by atoms with Gasteiger partial charge in [0.25, 0.3) is 0 Å². The molecule has 21 heavy (non-hydrogen) atoms. The van der Waals surface area contributed by atoms with E-state index in [-0.39, 0.29) is 11.3 Å². The molecule has 2 aliphatic heterocycles. The van der Waals surface area contributed by atoms with Crippen LogP contribution in [0.4, 0.5) is 0 Å². The van der Waals surface area contributed by atoms with Crippen molar-refractivity contribution in [3.8, 4) is 0 Å². The average molecular weight is 308 g/mol. The summed E-state index contributed by atoms with van der Waals surface area (Å²) >= 11 is 1.43. The Morgan fingerprint density at radius 1 is 1.52 bits per heavy atom. The lowest BCUT2D eigenvalue weighted by Crippen LogP contribution is -2.63. The van der Waals surface area contributed by atoms with Gasteiger partial charge in [0.2, 0.25) is 5.91 Å². The number of carboxylic acids is 1. The first kappa shape index (κ1) is 14.3. The Balaban J connectivity index is 1.87. The van der Waals surface area contributed by atoms with Crippen LogP contribution in [0.15, 0.2) is 24.5 Å². The molecule has 112 valence electrons. The molecule has 0 saturated carbocycles. The summed E-state index contributed by atoms with van der Waals surface area (Å²) in [5.41, 5.74) is 0.577. The van der Waals surface area contributed by atoms with Crippen LogP contribution in [0.3, 0.4) is 0 Å². The molecule has 3 heterocycles. The second kappa shape index (κ2) is 4.71. The second-order valence-corrected chi connectivity index (χ2v) is 7.63. The molecule has 4 atom stereocenters. The molecule has 6 nitrogen and oxygen atoms in total. The maximum Gasteiger partial charge on any atom is 0.327 e. The van der Waals surface area contributed by atoms with E-state index in [1.54, 1.807) is 18.3 Å². The van der Waals surface area contributed by atoms with Crippen molar-refractivity contribution in [1.29, 1.82) is 0 Å². The van der Waals surface area contributed by atoms with Gasteiger partial charge in [0.05, 0.1) is 17.4 Å². The van der Waals surface area contributed by atoms with Gasteiger partial charge >= 0.3 is 5.97 Å². The lowest BCUT2D eigenvalue weighted by molar-refractivity contribution is -0.169. The van der Waals surface area contributed by atoms with Gasteiger partial charge in [-0.2, -0.15) is 0 Å². The Kier molecular flexibility index (Phi) is 3.22. The van der Waals surface area contributed by atoms with Gasteiger partial charge in [0, 0.05) is 17.1 Å². The number of carboxylic acid groups (broad SMARTS) is 1. The number of hydrogen-bond donors (Lipinski definition) is 2. The van der Waals surface area contributed by atoms with Crippen molar-refractivity contribution in [3.63, 3.8) is 0 Å². The maximum atomic E-state index is 12.3. The minimum Gasteiger partial charge on any atom is -0.480 e. The molecule has 0 aromatic carbocycles. The van der Waals surface area contributed by atoms with Crippen molar-refractivity contribution in [2.24, 2.45) is 5.92 Å². The van der Waals surface area contributed by atoms with Crippen molar-refractivity contribution in [2.75, 3.05) is 0 Å². The van der Waals surface area contributed by atoms with Gasteiger partial charge in [0.15, 0.2) is 0 Å². The highest BCUT2D eigenvalue weighted by Crippen LogP contribution is 2.55. The fourth-order valence-corrected chi connectivity index (χ4v) is 4.81. The van der Waals surface area contributed by atoms with E-state index in [2.05, 4.69) is 4.98 Å². The third kappa shape index (κ3) is 2.03. The highest BCUT2D eigenvalue weighted by Gasteiger charge is 2.65.